The van der Waals surface area contributed by atoms with Crippen LogP contribution in [0.2, 0.25) is 0 Å². The zero-order chi connectivity index (χ0) is 7.44. The van der Waals surface area contributed by atoms with Crippen LogP contribution in [0.5, 0.6) is 0 Å². The highest BCUT2D eigenvalue weighted by Crippen LogP contribution is 1.98. The fraction of sp³-hybridized carbons (Fsp3) is 0.714. The van der Waals surface area contributed by atoms with E-state index in [0.717, 1.165) is 0 Å². The lowest BCUT2D eigenvalue weighted by Crippen LogP contribution is -2.16. The Bertz CT molecular complexity index is 95.1. The monoisotopic (exact) mass is 128 g/mol. The first-order chi connectivity index (χ1) is 4.04. The van der Waals surface area contributed by atoms with Crippen molar-refractivity contribution in [3.05, 3.63) is 6.92 Å². The van der Waals surface area contributed by atoms with Crippen molar-refractivity contribution in [2.45, 2.75) is 26.9 Å². The van der Waals surface area contributed by atoms with Crippen LogP contribution < -0.4 is 0 Å². The van der Waals surface area contributed by atoms with Gasteiger partial charge in [-0.1, -0.05) is 6.92 Å². The van der Waals surface area contributed by atoms with Gasteiger partial charge in [0.1, 0.15) is 0 Å². The van der Waals surface area contributed by atoms with Crippen molar-refractivity contribution in [1.29, 1.82) is 0 Å². The number of carbonyl (C=O) groups is 1. The summed E-state index contributed by atoms with van der Waals surface area (Å²) in [5, 5.41) is 0. The minimum Gasteiger partial charge on any atom is -0.463 e. The molecular formula is C7H12O2. The molecule has 0 spiro atoms. The molecule has 2 nitrogen and oxygen atoms in total. The van der Waals surface area contributed by atoms with Gasteiger partial charge in [-0.05, 0) is 20.8 Å². The first-order valence-corrected chi connectivity index (χ1v) is 3.00. The van der Waals surface area contributed by atoms with Crippen molar-refractivity contribution >= 4 is 5.97 Å². The third-order valence-corrected chi connectivity index (χ3v) is 0.724. The molecule has 0 N–H and O–H groups in total. The molecule has 1 unspecified atom stereocenters. The number of rotatable bonds is 2. The van der Waals surface area contributed by atoms with Crippen LogP contribution in [0.25, 0.3) is 0 Å². The lowest BCUT2D eigenvalue weighted by Gasteiger charge is -2.08. The number of ether oxygens (including phenoxy) is 1. The van der Waals surface area contributed by atoms with Crippen molar-refractivity contribution in [1.82, 2.24) is 0 Å². The van der Waals surface area contributed by atoms with Gasteiger partial charge in [-0.3, -0.25) is 4.79 Å². The predicted molar refractivity (Wildman–Crippen MR) is 34.7 cm³/mol. The van der Waals surface area contributed by atoms with Crippen molar-refractivity contribution in [3.8, 4) is 0 Å². The fourth-order valence-electron chi connectivity index (χ4n) is 0.340. The smallest absolute Gasteiger partial charge is 0.309 e. The first kappa shape index (κ1) is 8.47. The van der Waals surface area contributed by atoms with E-state index in [0.29, 0.717) is 0 Å². The van der Waals surface area contributed by atoms with Gasteiger partial charge in [-0.15, -0.1) is 0 Å². The van der Waals surface area contributed by atoms with Crippen LogP contribution in [0, 0.1) is 12.8 Å². The minimum atomic E-state index is -0.507. The van der Waals surface area contributed by atoms with Gasteiger partial charge in [0.2, 0.25) is 0 Å². The van der Waals surface area contributed by atoms with Crippen LogP contribution in [0.3, 0.4) is 0 Å². The molecule has 0 aliphatic rings. The largest absolute Gasteiger partial charge is 0.463 e. The molecule has 9 heavy (non-hydrogen) atoms. The summed E-state index contributed by atoms with van der Waals surface area (Å²) in [4.78, 5) is 10.6. The molecule has 0 heterocycles. The molecule has 0 aromatic rings. The minimum absolute atomic E-state index is 0.0662. The average molecular weight is 128 g/mol. The number of esters is 1. The zero-order valence-electron chi connectivity index (χ0n) is 6.05. The maximum Gasteiger partial charge on any atom is 0.309 e. The maximum atomic E-state index is 10.6. The maximum absolute atomic E-state index is 10.6. The lowest BCUT2D eigenvalue weighted by atomic mass is 10.2. The summed E-state index contributed by atoms with van der Waals surface area (Å²) in [6.45, 7) is 10.4. The highest BCUT2D eigenvalue weighted by atomic mass is 16.5. The molecular weight excluding hydrogens is 116 g/mol. The van der Waals surface area contributed by atoms with Gasteiger partial charge < -0.3 is 4.74 Å². The SMILES string of the molecule is [CH]C(C)C(=O)OC(C)C. The molecule has 2 heteroatoms. The molecule has 0 saturated carbocycles. The lowest BCUT2D eigenvalue weighted by molar-refractivity contribution is -0.150. The second-order valence-electron chi connectivity index (χ2n) is 2.27. The highest BCUT2D eigenvalue weighted by Gasteiger charge is 2.09. The van der Waals surface area contributed by atoms with Crippen LogP contribution >= 0.6 is 0 Å². The van der Waals surface area contributed by atoms with Gasteiger partial charge in [0.05, 0.1) is 12.0 Å². The summed E-state index contributed by atoms with van der Waals surface area (Å²) < 4.78 is 4.75. The van der Waals surface area contributed by atoms with E-state index in [9.17, 15) is 4.79 Å². The van der Waals surface area contributed by atoms with Crippen LogP contribution in [-0.2, 0) is 9.53 Å². The van der Waals surface area contributed by atoms with E-state index in [2.05, 4.69) is 0 Å². The van der Waals surface area contributed by atoms with E-state index < -0.39 is 5.92 Å². The molecule has 52 valence electrons. The Hall–Kier alpha value is -0.530. The molecule has 0 aromatic carbocycles. The normalized spacial score (nSPS) is 10.4. The molecule has 0 aliphatic carbocycles. The van der Waals surface area contributed by atoms with E-state index in [1.165, 1.54) is 0 Å². The van der Waals surface area contributed by atoms with Crippen molar-refractivity contribution in [2.24, 2.45) is 5.92 Å². The molecule has 0 amide bonds. The molecule has 0 aliphatic heterocycles. The Balaban J connectivity index is 3.51. The van der Waals surface area contributed by atoms with Crippen molar-refractivity contribution in [3.63, 3.8) is 0 Å². The molecule has 0 rings (SSSR count). The van der Waals surface area contributed by atoms with Crippen LogP contribution in [0.15, 0.2) is 0 Å². The molecule has 0 saturated heterocycles. The van der Waals surface area contributed by atoms with Crippen LogP contribution in [0.4, 0.5) is 0 Å². The van der Waals surface area contributed by atoms with Crippen LogP contribution in [-0.4, -0.2) is 12.1 Å². The Labute approximate surface area is 56.2 Å². The predicted octanol–water partition coefficient (Wildman–Crippen LogP) is 1.29. The Morgan fingerprint density at radius 2 is 1.89 bits per heavy atom. The Morgan fingerprint density at radius 1 is 1.44 bits per heavy atom. The van der Waals surface area contributed by atoms with Gasteiger partial charge >= 0.3 is 5.97 Å². The van der Waals surface area contributed by atoms with Gasteiger partial charge in [0, 0.05) is 0 Å². The third-order valence-electron chi connectivity index (χ3n) is 0.724. The summed E-state index contributed by atoms with van der Waals surface area (Å²) in [6, 6.07) is 0. The molecule has 1 atom stereocenters. The Kier molecular flexibility index (Phi) is 3.28. The van der Waals surface area contributed by atoms with E-state index in [-0.39, 0.29) is 12.1 Å². The second kappa shape index (κ2) is 3.49. The summed E-state index contributed by atoms with van der Waals surface area (Å²) >= 11 is 0. The summed E-state index contributed by atoms with van der Waals surface area (Å²) in [5.74, 6) is -0.850. The van der Waals surface area contributed by atoms with Gasteiger partial charge in [-0.25, -0.2) is 0 Å². The van der Waals surface area contributed by atoms with E-state index in [1.807, 2.05) is 0 Å². The van der Waals surface area contributed by atoms with Gasteiger partial charge in [0.15, 0.2) is 0 Å². The van der Waals surface area contributed by atoms with Gasteiger partial charge in [0.25, 0.3) is 0 Å². The van der Waals surface area contributed by atoms with E-state index >= 15 is 0 Å². The first-order valence-electron chi connectivity index (χ1n) is 3.00. The zero-order valence-corrected chi connectivity index (χ0v) is 6.05. The van der Waals surface area contributed by atoms with Crippen LogP contribution in [0.1, 0.15) is 20.8 Å². The third kappa shape index (κ3) is 4.01. The summed E-state index contributed by atoms with van der Waals surface area (Å²) in [5.41, 5.74) is 0. The van der Waals surface area contributed by atoms with Crippen molar-refractivity contribution < 1.29 is 9.53 Å². The fourth-order valence-corrected chi connectivity index (χ4v) is 0.340. The number of hydrogen-bond donors (Lipinski definition) is 0. The van der Waals surface area contributed by atoms with E-state index in [1.54, 1.807) is 20.8 Å². The average Bonchev–Trinajstić information content (AvgIpc) is 1.63. The molecule has 0 bridgehead atoms. The number of carbonyl (C=O) groups excluding carboxylic acids is 1. The molecule has 0 aromatic heterocycles. The molecule has 2 radical (unpaired) electrons. The van der Waals surface area contributed by atoms with Crippen molar-refractivity contribution in [2.75, 3.05) is 0 Å². The topological polar surface area (TPSA) is 26.3 Å². The standard InChI is InChI=1S/C7H12O2/c1-5(2)7(8)9-6(3)4/h1,5-6H,2-4H3. The summed E-state index contributed by atoms with van der Waals surface area (Å²) in [6.07, 6.45) is -0.0662. The second-order valence-corrected chi connectivity index (χ2v) is 2.27. The van der Waals surface area contributed by atoms with E-state index in [4.69, 9.17) is 11.7 Å². The van der Waals surface area contributed by atoms with Gasteiger partial charge in [-0.2, -0.15) is 0 Å². The molecule has 0 fully saturated rings. The Morgan fingerprint density at radius 3 is 2.00 bits per heavy atom. The number of hydrogen-bond acceptors (Lipinski definition) is 2. The summed E-state index contributed by atoms with van der Waals surface area (Å²) in [7, 11) is 0. The quantitative estimate of drug-likeness (QED) is 0.524. The highest BCUT2D eigenvalue weighted by molar-refractivity contribution is 5.72.